The minimum atomic E-state index is -2.51. The van der Waals surface area contributed by atoms with Gasteiger partial charge in [0.15, 0.2) is 0 Å². The van der Waals surface area contributed by atoms with E-state index in [0.717, 1.165) is 19.3 Å². The van der Waals surface area contributed by atoms with E-state index in [2.05, 4.69) is 5.32 Å². The molecule has 1 heterocycles. The molecule has 4 fully saturated rings. The van der Waals surface area contributed by atoms with Gasteiger partial charge < -0.3 is 10.1 Å². The first kappa shape index (κ1) is 13.1. The second kappa shape index (κ2) is 3.40. The fourth-order valence-electron chi connectivity index (χ4n) is 3.57. The molecule has 1 N–H and O–H groups in total. The Labute approximate surface area is 111 Å². The summed E-state index contributed by atoms with van der Waals surface area (Å²) < 4.78 is 30.9. The molecule has 0 atom stereocenters. The number of amides is 1. The van der Waals surface area contributed by atoms with Crippen molar-refractivity contribution in [1.82, 2.24) is 10.2 Å². The maximum absolute atomic E-state index is 12.9. The summed E-state index contributed by atoms with van der Waals surface area (Å²) in [7, 11) is 0. The standard InChI is InChI=1S/C13H20F2N2O2/c1-10(2,3)19-9(18)16-11-4-12(5-11,6-11)17-7-13(14,15)8-17/h4-8H2,1-3H3,(H,16,18). The highest BCUT2D eigenvalue weighted by atomic mass is 19.3. The number of rotatable bonds is 2. The molecule has 0 spiro atoms. The van der Waals surface area contributed by atoms with Gasteiger partial charge in [-0.1, -0.05) is 0 Å². The van der Waals surface area contributed by atoms with Crippen molar-refractivity contribution in [2.75, 3.05) is 13.1 Å². The van der Waals surface area contributed by atoms with E-state index in [1.54, 1.807) is 0 Å². The number of ether oxygens (including phenoxy) is 1. The first-order valence-corrected chi connectivity index (χ1v) is 6.67. The van der Waals surface area contributed by atoms with Crippen molar-refractivity contribution >= 4 is 6.09 Å². The van der Waals surface area contributed by atoms with Gasteiger partial charge in [-0.15, -0.1) is 0 Å². The van der Waals surface area contributed by atoms with Crippen LogP contribution in [0.4, 0.5) is 13.6 Å². The fourth-order valence-corrected chi connectivity index (χ4v) is 3.57. The Bertz CT molecular complexity index is 403. The summed E-state index contributed by atoms with van der Waals surface area (Å²) in [6, 6.07) is 0. The SMILES string of the molecule is CC(C)(C)OC(=O)NC12CC(N3CC(F)(F)C3)(C1)C2. The Morgan fingerprint density at radius 3 is 2.16 bits per heavy atom. The van der Waals surface area contributed by atoms with Crippen molar-refractivity contribution in [3.8, 4) is 0 Å². The maximum atomic E-state index is 12.9. The molecule has 0 aromatic rings. The summed E-state index contributed by atoms with van der Waals surface area (Å²) in [4.78, 5) is 13.5. The summed E-state index contributed by atoms with van der Waals surface area (Å²) in [5, 5.41) is 2.89. The number of likely N-dealkylation sites (tertiary alicyclic amines) is 1. The van der Waals surface area contributed by atoms with Crippen molar-refractivity contribution in [2.24, 2.45) is 0 Å². The zero-order valence-electron chi connectivity index (χ0n) is 11.6. The number of nitrogens with zero attached hydrogens (tertiary/aromatic N) is 1. The number of halogens is 2. The Morgan fingerprint density at radius 2 is 1.74 bits per heavy atom. The number of alkyl halides is 2. The Balaban J connectivity index is 1.47. The third-order valence-corrected chi connectivity index (χ3v) is 4.28. The quantitative estimate of drug-likeness (QED) is 0.838. The second-order valence-electron chi connectivity index (χ2n) is 7.37. The largest absolute Gasteiger partial charge is 0.444 e. The molecule has 19 heavy (non-hydrogen) atoms. The van der Waals surface area contributed by atoms with Crippen LogP contribution in [0.1, 0.15) is 40.0 Å². The Morgan fingerprint density at radius 1 is 1.21 bits per heavy atom. The minimum Gasteiger partial charge on any atom is -0.444 e. The number of alkyl carbamates (subject to hydrolysis) is 1. The molecule has 3 saturated carbocycles. The van der Waals surface area contributed by atoms with Crippen LogP contribution in [0.2, 0.25) is 0 Å². The van der Waals surface area contributed by atoms with Gasteiger partial charge in [0, 0.05) is 11.1 Å². The minimum absolute atomic E-state index is 0.0727. The van der Waals surface area contributed by atoms with Gasteiger partial charge in [0.25, 0.3) is 5.92 Å². The molecule has 108 valence electrons. The topological polar surface area (TPSA) is 41.6 Å². The first-order chi connectivity index (χ1) is 8.53. The predicted octanol–water partition coefficient (Wildman–Crippen LogP) is 2.14. The number of carbonyl (C=O) groups excluding carboxylic acids is 1. The third-order valence-electron chi connectivity index (χ3n) is 4.28. The van der Waals surface area contributed by atoms with Gasteiger partial charge in [-0.2, -0.15) is 0 Å². The molecule has 0 aromatic heterocycles. The molecule has 0 unspecified atom stereocenters. The van der Waals surface area contributed by atoms with Gasteiger partial charge in [0.05, 0.1) is 13.1 Å². The van der Waals surface area contributed by atoms with E-state index < -0.39 is 17.6 Å². The van der Waals surface area contributed by atoms with Gasteiger partial charge in [-0.25, -0.2) is 13.6 Å². The number of carbonyl (C=O) groups is 1. The van der Waals surface area contributed by atoms with Gasteiger partial charge in [-0.3, -0.25) is 4.90 Å². The molecular weight excluding hydrogens is 254 g/mol. The van der Waals surface area contributed by atoms with Gasteiger partial charge in [0.1, 0.15) is 5.60 Å². The van der Waals surface area contributed by atoms with Gasteiger partial charge >= 0.3 is 6.09 Å². The van der Waals surface area contributed by atoms with Crippen molar-refractivity contribution in [1.29, 1.82) is 0 Å². The lowest BCUT2D eigenvalue weighted by Crippen LogP contribution is -2.87. The molecule has 4 nitrogen and oxygen atoms in total. The normalized spacial score (nSPS) is 39.6. The molecule has 1 amide bonds. The zero-order valence-corrected chi connectivity index (χ0v) is 11.6. The Hall–Kier alpha value is -0.910. The van der Waals surface area contributed by atoms with E-state index in [4.69, 9.17) is 4.74 Å². The fraction of sp³-hybridized carbons (Fsp3) is 0.923. The van der Waals surface area contributed by atoms with Crippen molar-refractivity contribution in [3.63, 3.8) is 0 Å². The highest BCUT2D eigenvalue weighted by molar-refractivity contribution is 5.70. The van der Waals surface area contributed by atoms with Crippen LogP contribution in [0.5, 0.6) is 0 Å². The molecule has 6 heteroatoms. The van der Waals surface area contributed by atoms with Crippen LogP contribution in [-0.4, -0.2) is 46.7 Å². The monoisotopic (exact) mass is 274 g/mol. The maximum Gasteiger partial charge on any atom is 0.408 e. The second-order valence-corrected chi connectivity index (χ2v) is 7.37. The smallest absolute Gasteiger partial charge is 0.408 e. The average Bonchev–Trinajstić information content (AvgIpc) is 2.01. The number of hydrogen-bond donors (Lipinski definition) is 1. The number of hydrogen-bond acceptors (Lipinski definition) is 3. The lowest BCUT2D eigenvalue weighted by Gasteiger charge is -2.75. The van der Waals surface area contributed by atoms with Gasteiger partial charge in [-0.05, 0) is 40.0 Å². The molecule has 4 rings (SSSR count). The molecule has 4 aliphatic rings. The molecular formula is C13H20F2N2O2. The molecule has 0 aromatic carbocycles. The van der Waals surface area contributed by atoms with E-state index in [1.807, 2.05) is 25.7 Å². The van der Waals surface area contributed by atoms with Crippen LogP contribution in [-0.2, 0) is 4.74 Å². The molecule has 2 bridgehead atoms. The van der Waals surface area contributed by atoms with Crippen molar-refractivity contribution in [3.05, 3.63) is 0 Å². The molecule has 1 aliphatic heterocycles. The summed E-state index contributed by atoms with van der Waals surface area (Å²) in [5.74, 6) is -2.51. The van der Waals surface area contributed by atoms with Crippen LogP contribution < -0.4 is 5.32 Å². The van der Waals surface area contributed by atoms with Crippen molar-refractivity contribution in [2.45, 2.75) is 62.6 Å². The lowest BCUT2D eigenvalue weighted by atomic mass is 9.43. The number of nitrogens with one attached hydrogen (secondary N) is 1. The van der Waals surface area contributed by atoms with Crippen LogP contribution in [0.3, 0.4) is 0 Å². The van der Waals surface area contributed by atoms with Crippen molar-refractivity contribution < 1.29 is 18.3 Å². The van der Waals surface area contributed by atoms with Gasteiger partial charge in [0.2, 0.25) is 0 Å². The predicted molar refractivity (Wildman–Crippen MR) is 65.2 cm³/mol. The molecule has 0 radical (unpaired) electrons. The summed E-state index contributed by atoms with van der Waals surface area (Å²) in [6.45, 7) is 5.19. The van der Waals surface area contributed by atoms with E-state index in [0.29, 0.717) is 0 Å². The van der Waals surface area contributed by atoms with E-state index in [1.165, 1.54) is 0 Å². The lowest BCUT2D eigenvalue weighted by molar-refractivity contribution is -0.258. The third kappa shape index (κ3) is 2.10. The van der Waals surface area contributed by atoms with E-state index >= 15 is 0 Å². The summed E-state index contributed by atoms with van der Waals surface area (Å²) in [5.41, 5.74) is -0.783. The van der Waals surface area contributed by atoms with Crippen LogP contribution in [0.15, 0.2) is 0 Å². The summed E-state index contributed by atoms with van der Waals surface area (Å²) >= 11 is 0. The van der Waals surface area contributed by atoms with E-state index in [9.17, 15) is 13.6 Å². The molecule has 1 saturated heterocycles. The Kier molecular flexibility index (Phi) is 2.34. The highest BCUT2D eigenvalue weighted by Gasteiger charge is 2.73. The van der Waals surface area contributed by atoms with Crippen LogP contribution in [0, 0.1) is 0 Å². The average molecular weight is 274 g/mol. The van der Waals surface area contributed by atoms with Crippen LogP contribution >= 0.6 is 0 Å². The van der Waals surface area contributed by atoms with Crippen LogP contribution in [0.25, 0.3) is 0 Å². The summed E-state index contributed by atoms with van der Waals surface area (Å²) in [6.07, 6.45) is 1.91. The van der Waals surface area contributed by atoms with E-state index in [-0.39, 0.29) is 24.2 Å². The molecule has 3 aliphatic carbocycles. The highest BCUT2D eigenvalue weighted by Crippen LogP contribution is 2.65. The first-order valence-electron chi connectivity index (χ1n) is 6.67. The zero-order chi connectivity index (χ0) is 14.1.